The third-order valence-corrected chi connectivity index (χ3v) is 4.98. The van der Waals surface area contributed by atoms with Gasteiger partial charge in [-0.2, -0.15) is 0 Å². The number of rotatable bonds is 9. The molecule has 0 atom stereocenters. The summed E-state index contributed by atoms with van der Waals surface area (Å²) < 4.78 is 15.5. The van der Waals surface area contributed by atoms with Crippen molar-refractivity contribution in [3.8, 4) is 11.5 Å². The summed E-state index contributed by atoms with van der Waals surface area (Å²) in [7, 11) is 2.86. The van der Waals surface area contributed by atoms with Gasteiger partial charge in [0.15, 0.2) is 18.1 Å². The number of para-hydroxylation sites is 2. The summed E-state index contributed by atoms with van der Waals surface area (Å²) in [5, 5.41) is 5.46. The summed E-state index contributed by atoms with van der Waals surface area (Å²) in [6, 6.07) is 19.2. The average molecular weight is 463 g/mol. The Morgan fingerprint density at radius 2 is 1.53 bits per heavy atom. The van der Waals surface area contributed by atoms with Crippen molar-refractivity contribution in [2.45, 2.75) is 13.5 Å². The number of carbonyl (C=O) groups is 3. The van der Waals surface area contributed by atoms with Crippen molar-refractivity contribution in [3.05, 3.63) is 89.0 Å². The maximum absolute atomic E-state index is 12.7. The standard InChI is InChI=1S/C26H26N2O6/c1-17-11-13-18(14-12-17)15-27-25(30)19-7-4-5-9-21(19)28-23(29)16-34-26(31)20-8-6-10-22(32-2)24(20)33-3/h4-14H,15-16H2,1-3H3,(H,27,30)(H,28,29). The largest absolute Gasteiger partial charge is 0.493 e. The first-order valence-corrected chi connectivity index (χ1v) is 10.5. The van der Waals surface area contributed by atoms with E-state index in [-0.39, 0.29) is 17.2 Å². The maximum Gasteiger partial charge on any atom is 0.342 e. The van der Waals surface area contributed by atoms with Crippen molar-refractivity contribution in [1.82, 2.24) is 5.32 Å². The lowest BCUT2D eigenvalue weighted by Crippen LogP contribution is -2.26. The summed E-state index contributed by atoms with van der Waals surface area (Å²) in [4.78, 5) is 37.6. The smallest absolute Gasteiger partial charge is 0.342 e. The predicted octanol–water partition coefficient (Wildman–Crippen LogP) is 3.74. The monoisotopic (exact) mass is 462 g/mol. The average Bonchev–Trinajstić information content (AvgIpc) is 2.86. The third-order valence-electron chi connectivity index (χ3n) is 4.98. The van der Waals surface area contributed by atoms with E-state index in [9.17, 15) is 14.4 Å². The summed E-state index contributed by atoms with van der Waals surface area (Å²) in [5.74, 6) is -1.09. The Morgan fingerprint density at radius 3 is 2.24 bits per heavy atom. The van der Waals surface area contributed by atoms with Crippen molar-refractivity contribution in [2.75, 3.05) is 26.1 Å². The molecule has 34 heavy (non-hydrogen) atoms. The van der Waals surface area contributed by atoms with E-state index in [1.165, 1.54) is 20.3 Å². The Hall–Kier alpha value is -4.33. The molecule has 2 N–H and O–H groups in total. The minimum atomic E-state index is -0.741. The highest BCUT2D eigenvalue weighted by Gasteiger charge is 2.19. The van der Waals surface area contributed by atoms with Crippen LogP contribution in [0, 0.1) is 6.92 Å². The summed E-state index contributed by atoms with van der Waals surface area (Å²) >= 11 is 0. The Balaban J connectivity index is 1.61. The molecule has 176 valence electrons. The van der Waals surface area contributed by atoms with Gasteiger partial charge in [0.05, 0.1) is 25.5 Å². The number of benzene rings is 3. The van der Waals surface area contributed by atoms with E-state index in [4.69, 9.17) is 14.2 Å². The molecule has 3 aromatic carbocycles. The minimum Gasteiger partial charge on any atom is -0.493 e. The summed E-state index contributed by atoms with van der Waals surface area (Å²) in [6.07, 6.45) is 0. The van der Waals surface area contributed by atoms with Crippen molar-refractivity contribution >= 4 is 23.5 Å². The maximum atomic E-state index is 12.7. The van der Waals surface area contributed by atoms with E-state index in [0.29, 0.717) is 23.5 Å². The molecule has 0 bridgehead atoms. The molecule has 8 nitrogen and oxygen atoms in total. The SMILES string of the molecule is COc1cccc(C(=O)OCC(=O)Nc2ccccc2C(=O)NCc2ccc(C)cc2)c1OC. The van der Waals surface area contributed by atoms with E-state index in [1.807, 2.05) is 31.2 Å². The molecule has 0 heterocycles. The van der Waals surface area contributed by atoms with Crippen LogP contribution in [0.3, 0.4) is 0 Å². The van der Waals surface area contributed by atoms with Gasteiger partial charge in [-0.05, 0) is 36.8 Å². The molecule has 0 radical (unpaired) electrons. The van der Waals surface area contributed by atoms with E-state index in [1.54, 1.807) is 36.4 Å². The Bertz CT molecular complexity index is 1170. The van der Waals surface area contributed by atoms with Crippen LogP contribution in [0.4, 0.5) is 5.69 Å². The van der Waals surface area contributed by atoms with Crippen LogP contribution in [0.5, 0.6) is 11.5 Å². The number of anilines is 1. The Labute approximate surface area is 197 Å². The second-order valence-electron chi connectivity index (χ2n) is 7.38. The molecule has 3 aromatic rings. The molecule has 0 saturated heterocycles. The molecule has 0 spiro atoms. The van der Waals surface area contributed by atoms with Gasteiger partial charge in [-0.3, -0.25) is 9.59 Å². The zero-order valence-corrected chi connectivity index (χ0v) is 19.2. The second-order valence-corrected chi connectivity index (χ2v) is 7.38. The van der Waals surface area contributed by atoms with Crippen LogP contribution >= 0.6 is 0 Å². The third kappa shape index (κ3) is 6.13. The number of esters is 1. The molecular weight excluding hydrogens is 436 g/mol. The Kier molecular flexibility index (Phi) is 8.23. The minimum absolute atomic E-state index is 0.130. The number of amides is 2. The van der Waals surface area contributed by atoms with E-state index in [0.717, 1.165) is 11.1 Å². The number of aryl methyl sites for hydroxylation is 1. The first-order chi connectivity index (χ1) is 16.4. The lowest BCUT2D eigenvalue weighted by atomic mass is 10.1. The lowest BCUT2D eigenvalue weighted by molar-refractivity contribution is -0.119. The van der Waals surface area contributed by atoms with Crippen LogP contribution < -0.4 is 20.1 Å². The van der Waals surface area contributed by atoms with Crippen LogP contribution in [0.1, 0.15) is 31.8 Å². The van der Waals surface area contributed by atoms with Crippen LogP contribution in [-0.2, 0) is 16.1 Å². The second kappa shape index (κ2) is 11.5. The van der Waals surface area contributed by atoms with E-state index < -0.39 is 18.5 Å². The zero-order chi connectivity index (χ0) is 24.5. The van der Waals surface area contributed by atoms with E-state index in [2.05, 4.69) is 10.6 Å². The highest BCUT2D eigenvalue weighted by molar-refractivity contribution is 6.04. The Morgan fingerprint density at radius 1 is 0.824 bits per heavy atom. The molecular formula is C26H26N2O6. The molecule has 2 amide bonds. The number of carbonyl (C=O) groups excluding carboxylic acids is 3. The molecule has 0 aliphatic rings. The van der Waals surface area contributed by atoms with E-state index >= 15 is 0 Å². The number of hydrogen-bond donors (Lipinski definition) is 2. The van der Waals surface area contributed by atoms with Crippen molar-refractivity contribution in [2.24, 2.45) is 0 Å². The molecule has 0 aliphatic carbocycles. The van der Waals surface area contributed by atoms with Gasteiger partial charge in [-0.1, -0.05) is 48.0 Å². The normalized spacial score (nSPS) is 10.2. The molecule has 0 unspecified atom stereocenters. The molecule has 3 rings (SSSR count). The number of nitrogens with one attached hydrogen (secondary N) is 2. The number of methoxy groups -OCH3 is 2. The fraction of sp³-hybridized carbons (Fsp3) is 0.192. The van der Waals surface area contributed by atoms with Crippen LogP contribution in [-0.4, -0.2) is 38.6 Å². The van der Waals surface area contributed by atoms with Gasteiger partial charge < -0.3 is 24.8 Å². The van der Waals surface area contributed by atoms with Gasteiger partial charge in [0.25, 0.3) is 11.8 Å². The van der Waals surface area contributed by atoms with Gasteiger partial charge in [0, 0.05) is 6.54 Å². The van der Waals surface area contributed by atoms with Gasteiger partial charge in [0.2, 0.25) is 0 Å². The fourth-order valence-corrected chi connectivity index (χ4v) is 3.22. The topological polar surface area (TPSA) is 103 Å². The highest BCUT2D eigenvalue weighted by atomic mass is 16.5. The first kappa shape index (κ1) is 24.3. The summed E-state index contributed by atoms with van der Waals surface area (Å²) in [5.41, 5.74) is 2.83. The quantitative estimate of drug-likeness (QED) is 0.470. The lowest BCUT2D eigenvalue weighted by Gasteiger charge is -2.13. The molecule has 0 saturated carbocycles. The molecule has 8 heteroatoms. The van der Waals surface area contributed by atoms with Crippen LogP contribution in [0.15, 0.2) is 66.7 Å². The van der Waals surface area contributed by atoms with Crippen LogP contribution in [0.25, 0.3) is 0 Å². The van der Waals surface area contributed by atoms with Gasteiger partial charge in [-0.15, -0.1) is 0 Å². The molecule has 0 aromatic heterocycles. The number of ether oxygens (including phenoxy) is 3. The van der Waals surface area contributed by atoms with Crippen molar-refractivity contribution in [3.63, 3.8) is 0 Å². The van der Waals surface area contributed by atoms with Gasteiger partial charge in [0.1, 0.15) is 5.56 Å². The van der Waals surface area contributed by atoms with Crippen molar-refractivity contribution < 1.29 is 28.6 Å². The van der Waals surface area contributed by atoms with Gasteiger partial charge >= 0.3 is 5.97 Å². The van der Waals surface area contributed by atoms with Crippen LogP contribution in [0.2, 0.25) is 0 Å². The fourth-order valence-electron chi connectivity index (χ4n) is 3.22. The summed E-state index contributed by atoms with van der Waals surface area (Å²) in [6.45, 7) is 1.80. The highest BCUT2D eigenvalue weighted by Crippen LogP contribution is 2.31. The van der Waals surface area contributed by atoms with Crippen molar-refractivity contribution in [1.29, 1.82) is 0 Å². The predicted molar refractivity (Wildman–Crippen MR) is 127 cm³/mol. The van der Waals surface area contributed by atoms with Gasteiger partial charge in [-0.25, -0.2) is 4.79 Å². The zero-order valence-electron chi connectivity index (χ0n) is 19.2. The number of hydrogen-bond acceptors (Lipinski definition) is 6. The first-order valence-electron chi connectivity index (χ1n) is 10.5. The molecule has 0 fully saturated rings. The molecule has 0 aliphatic heterocycles.